The highest BCUT2D eigenvalue weighted by atomic mass is 16.5. The van der Waals surface area contributed by atoms with Gasteiger partial charge in [0.25, 0.3) is 0 Å². The first kappa shape index (κ1) is 21.4. The van der Waals surface area contributed by atoms with Gasteiger partial charge in [-0.05, 0) is 54.9 Å². The highest BCUT2D eigenvalue weighted by molar-refractivity contribution is 5.64. The summed E-state index contributed by atoms with van der Waals surface area (Å²) < 4.78 is 11.5. The van der Waals surface area contributed by atoms with Gasteiger partial charge < -0.3 is 19.7 Å². The Hall–Kier alpha value is -3.47. The first-order valence-electron chi connectivity index (χ1n) is 11.4. The third-order valence-electron chi connectivity index (χ3n) is 6.08. The standard InChI is InChI=1S/C26H27N5O2/c27-17-21-16-20(3-6-25(21)33-23-7-9-28-18-23)24-8-10-29-26(30-24)15-19-1-4-22(5-2-19)31-11-13-32-14-12-31/h1-6,8,10,16,23,28H,7,9,11-15,18H2/t23-/m1/s1. The lowest BCUT2D eigenvalue weighted by atomic mass is 10.1. The lowest BCUT2D eigenvalue weighted by molar-refractivity contribution is 0.122. The Morgan fingerprint density at radius 2 is 1.97 bits per heavy atom. The molecule has 0 unspecified atom stereocenters. The minimum absolute atomic E-state index is 0.114. The van der Waals surface area contributed by atoms with E-state index in [1.54, 1.807) is 6.20 Å². The molecule has 2 fully saturated rings. The van der Waals surface area contributed by atoms with Crippen LogP contribution in [0.5, 0.6) is 5.75 Å². The van der Waals surface area contributed by atoms with E-state index in [9.17, 15) is 5.26 Å². The molecule has 0 bridgehead atoms. The van der Waals surface area contributed by atoms with Gasteiger partial charge in [0.1, 0.15) is 23.7 Å². The molecule has 1 N–H and O–H groups in total. The van der Waals surface area contributed by atoms with Gasteiger partial charge in [0, 0.05) is 43.5 Å². The fraction of sp³-hybridized carbons (Fsp3) is 0.346. The molecular weight excluding hydrogens is 414 g/mol. The minimum Gasteiger partial charge on any atom is -0.488 e. The van der Waals surface area contributed by atoms with E-state index in [1.165, 1.54) is 5.69 Å². The molecule has 0 spiro atoms. The Bertz CT molecular complexity index is 1130. The number of benzene rings is 2. The van der Waals surface area contributed by atoms with E-state index < -0.39 is 0 Å². The minimum atomic E-state index is 0.114. The van der Waals surface area contributed by atoms with Gasteiger partial charge in [-0.3, -0.25) is 0 Å². The number of hydrogen-bond donors (Lipinski definition) is 1. The number of rotatable bonds is 6. The Balaban J connectivity index is 1.30. The number of nitrogens with zero attached hydrogens (tertiary/aromatic N) is 4. The first-order valence-corrected chi connectivity index (χ1v) is 11.4. The number of ether oxygens (including phenoxy) is 2. The Morgan fingerprint density at radius 3 is 2.73 bits per heavy atom. The van der Waals surface area contributed by atoms with Crippen molar-refractivity contribution in [1.82, 2.24) is 15.3 Å². The fourth-order valence-electron chi connectivity index (χ4n) is 4.26. The summed E-state index contributed by atoms with van der Waals surface area (Å²) in [5.74, 6) is 1.38. The molecule has 33 heavy (non-hydrogen) atoms. The molecule has 0 amide bonds. The Morgan fingerprint density at radius 1 is 1.12 bits per heavy atom. The molecule has 2 saturated heterocycles. The molecule has 5 rings (SSSR count). The molecule has 0 saturated carbocycles. The van der Waals surface area contributed by atoms with Gasteiger partial charge in [-0.1, -0.05) is 12.1 Å². The number of anilines is 1. The van der Waals surface area contributed by atoms with Crippen molar-refractivity contribution >= 4 is 5.69 Å². The predicted octanol–water partition coefficient (Wildman–Crippen LogP) is 3.18. The summed E-state index contributed by atoms with van der Waals surface area (Å²) in [6.45, 7) is 5.17. The zero-order valence-electron chi connectivity index (χ0n) is 18.5. The van der Waals surface area contributed by atoms with Crippen molar-refractivity contribution in [2.24, 2.45) is 0 Å². The molecule has 3 heterocycles. The number of aromatic nitrogens is 2. The van der Waals surface area contributed by atoms with E-state index >= 15 is 0 Å². The van der Waals surface area contributed by atoms with Gasteiger partial charge in [0.05, 0.1) is 24.5 Å². The third-order valence-corrected chi connectivity index (χ3v) is 6.08. The molecule has 168 valence electrons. The monoisotopic (exact) mass is 441 g/mol. The van der Waals surface area contributed by atoms with Crippen LogP contribution in [0.25, 0.3) is 11.3 Å². The number of morpholine rings is 1. The van der Waals surface area contributed by atoms with Crippen LogP contribution < -0.4 is 15.0 Å². The van der Waals surface area contributed by atoms with E-state index in [4.69, 9.17) is 14.5 Å². The van der Waals surface area contributed by atoms with E-state index in [1.807, 2.05) is 24.3 Å². The topological polar surface area (TPSA) is 83.3 Å². The van der Waals surface area contributed by atoms with Crippen molar-refractivity contribution < 1.29 is 9.47 Å². The number of nitrogens with one attached hydrogen (secondary N) is 1. The lowest BCUT2D eigenvalue weighted by Gasteiger charge is -2.28. The lowest BCUT2D eigenvalue weighted by Crippen LogP contribution is -2.36. The summed E-state index contributed by atoms with van der Waals surface area (Å²) in [6, 6.07) is 18.4. The van der Waals surface area contributed by atoms with E-state index in [-0.39, 0.29) is 6.10 Å². The van der Waals surface area contributed by atoms with Crippen LogP contribution in [0.4, 0.5) is 5.69 Å². The highest BCUT2D eigenvalue weighted by Gasteiger charge is 2.18. The second-order valence-electron chi connectivity index (χ2n) is 8.36. The van der Waals surface area contributed by atoms with Gasteiger partial charge in [-0.2, -0.15) is 5.26 Å². The zero-order chi connectivity index (χ0) is 22.5. The second kappa shape index (κ2) is 9.99. The summed E-state index contributed by atoms with van der Waals surface area (Å²) in [4.78, 5) is 11.6. The quantitative estimate of drug-likeness (QED) is 0.629. The van der Waals surface area contributed by atoms with E-state index in [0.29, 0.717) is 17.7 Å². The SMILES string of the molecule is N#Cc1cc(-c2ccnc(Cc3ccc(N4CCOCC4)cc3)n2)ccc1O[C@@H]1CCNC1. The van der Waals surface area contributed by atoms with Crippen LogP contribution in [-0.2, 0) is 11.2 Å². The summed E-state index contributed by atoms with van der Waals surface area (Å²) in [6.07, 6.45) is 3.50. The molecule has 1 atom stereocenters. The molecule has 7 heteroatoms. The van der Waals surface area contributed by atoms with Crippen molar-refractivity contribution in [3.05, 3.63) is 71.7 Å². The molecule has 1 aromatic heterocycles. The normalized spacial score (nSPS) is 18.2. The van der Waals surface area contributed by atoms with Crippen molar-refractivity contribution in [1.29, 1.82) is 5.26 Å². The first-order chi connectivity index (χ1) is 16.3. The summed E-state index contributed by atoms with van der Waals surface area (Å²) in [5, 5.41) is 12.9. The highest BCUT2D eigenvalue weighted by Crippen LogP contribution is 2.27. The van der Waals surface area contributed by atoms with Crippen molar-refractivity contribution in [2.75, 3.05) is 44.3 Å². The molecule has 3 aromatic rings. The van der Waals surface area contributed by atoms with Gasteiger partial charge in [0.15, 0.2) is 0 Å². The maximum absolute atomic E-state index is 9.64. The maximum Gasteiger partial charge on any atom is 0.137 e. The summed E-state index contributed by atoms with van der Waals surface area (Å²) in [5.41, 5.74) is 4.59. The summed E-state index contributed by atoms with van der Waals surface area (Å²) in [7, 11) is 0. The maximum atomic E-state index is 9.64. The van der Waals surface area contributed by atoms with Crippen LogP contribution in [-0.4, -0.2) is 55.5 Å². The predicted molar refractivity (Wildman–Crippen MR) is 126 cm³/mol. The van der Waals surface area contributed by atoms with Crippen molar-refractivity contribution in [3.8, 4) is 23.1 Å². The van der Waals surface area contributed by atoms with E-state index in [2.05, 4.69) is 45.5 Å². The molecular formula is C26H27N5O2. The molecule has 0 radical (unpaired) electrons. The van der Waals surface area contributed by atoms with Crippen LogP contribution in [0.2, 0.25) is 0 Å². The molecule has 2 aliphatic heterocycles. The van der Waals surface area contributed by atoms with Gasteiger partial charge >= 0.3 is 0 Å². The van der Waals surface area contributed by atoms with Crippen LogP contribution >= 0.6 is 0 Å². The Labute approximate surface area is 194 Å². The van der Waals surface area contributed by atoms with Crippen molar-refractivity contribution in [2.45, 2.75) is 18.9 Å². The van der Waals surface area contributed by atoms with Crippen LogP contribution in [0.15, 0.2) is 54.7 Å². The fourth-order valence-corrected chi connectivity index (χ4v) is 4.26. The second-order valence-corrected chi connectivity index (χ2v) is 8.36. The molecule has 2 aromatic carbocycles. The number of nitriles is 1. The van der Waals surface area contributed by atoms with Crippen molar-refractivity contribution in [3.63, 3.8) is 0 Å². The van der Waals surface area contributed by atoms with Crippen LogP contribution in [0, 0.1) is 11.3 Å². The van der Waals surface area contributed by atoms with Crippen LogP contribution in [0.1, 0.15) is 23.4 Å². The van der Waals surface area contributed by atoms with Gasteiger partial charge in [0.2, 0.25) is 0 Å². The summed E-state index contributed by atoms with van der Waals surface area (Å²) >= 11 is 0. The molecule has 7 nitrogen and oxygen atoms in total. The van der Waals surface area contributed by atoms with Gasteiger partial charge in [-0.25, -0.2) is 9.97 Å². The van der Waals surface area contributed by atoms with E-state index in [0.717, 1.165) is 68.5 Å². The van der Waals surface area contributed by atoms with Gasteiger partial charge in [-0.15, -0.1) is 0 Å². The molecule has 0 aliphatic carbocycles. The number of hydrogen-bond acceptors (Lipinski definition) is 7. The third kappa shape index (κ3) is 5.14. The average Bonchev–Trinajstić information content (AvgIpc) is 3.39. The molecule has 2 aliphatic rings. The largest absolute Gasteiger partial charge is 0.488 e. The Kier molecular flexibility index (Phi) is 6.47. The van der Waals surface area contributed by atoms with Crippen LogP contribution in [0.3, 0.4) is 0 Å². The zero-order valence-corrected chi connectivity index (χ0v) is 18.5. The average molecular weight is 442 g/mol. The smallest absolute Gasteiger partial charge is 0.137 e.